The molecule has 0 saturated carbocycles. The zero-order valence-corrected chi connectivity index (χ0v) is 15.2. The average molecular weight is 349 g/mol. The summed E-state index contributed by atoms with van der Waals surface area (Å²) in [6.45, 7) is 3.38. The molecule has 0 amide bonds. The van der Waals surface area contributed by atoms with E-state index in [-0.39, 0.29) is 0 Å². The van der Waals surface area contributed by atoms with Crippen LogP contribution in [0, 0.1) is 11.8 Å². The Morgan fingerprint density at radius 3 is 2.73 bits per heavy atom. The zero-order valence-electron chi connectivity index (χ0n) is 15.2. The molecule has 3 saturated heterocycles. The van der Waals surface area contributed by atoms with E-state index in [1.807, 2.05) is 6.07 Å². The molecule has 2 bridgehead atoms. The van der Waals surface area contributed by atoms with E-state index in [0.29, 0.717) is 23.8 Å². The fourth-order valence-corrected chi connectivity index (χ4v) is 5.56. The van der Waals surface area contributed by atoms with Crippen LogP contribution in [-0.2, 0) is 0 Å². The smallest absolute Gasteiger partial charge is 0.134 e. The molecule has 0 spiro atoms. The first-order valence-corrected chi connectivity index (χ1v) is 9.91. The first-order valence-electron chi connectivity index (χ1n) is 9.91. The van der Waals surface area contributed by atoms with Crippen molar-refractivity contribution in [1.82, 2.24) is 14.9 Å². The van der Waals surface area contributed by atoms with Crippen LogP contribution in [0.1, 0.15) is 37.3 Å². The van der Waals surface area contributed by atoms with Crippen LogP contribution >= 0.6 is 0 Å². The third-order valence-electron chi connectivity index (χ3n) is 6.57. The van der Waals surface area contributed by atoms with Crippen LogP contribution in [0.15, 0.2) is 42.7 Å². The Bertz CT molecular complexity index is 764. The van der Waals surface area contributed by atoms with Gasteiger partial charge in [0.25, 0.3) is 0 Å². The Balaban J connectivity index is 1.39. The van der Waals surface area contributed by atoms with E-state index < -0.39 is 0 Å². The summed E-state index contributed by atoms with van der Waals surface area (Å²) in [4.78, 5) is 13.8. The Kier molecular flexibility index (Phi) is 4.04. The normalized spacial score (nSPS) is 31.5. The average Bonchev–Trinajstić information content (AvgIpc) is 2.68. The van der Waals surface area contributed by atoms with Crippen molar-refractivity contribution in [2.24, 2.45) is 11.8 Å². The highest BCUT2D eigenvalue weighted by molar-refractivity contribution is 5.46. The molecule has 3 aliphatic heterocycles. The van der Waals surface area contributed by atoms with Gasteiger partial charge in [0.05, 0.1) is 0 Å². The first kappa shape index (κ1) is 16.1. The SMILES string of the molecule is Nc1cc(N2C[C@@H]3C[C@H](C2)[C@@H]2CCC[C@H](c4ccccc4)N2C3)ncn1. The van der Waals surface area contributed by atoms with Crippen LogP contribution in [-0.4, -0.2) is 40.5 Å². The Morgan fingerprint density at radius 2 is 1.88 bits per heavy atom. The fraction of sp³-hybridized carbons (Fsp3) is 0.524. The molecule has 1 aromatic carbocycles. The molecule has 0 aliphatic carbocycles. The zero-order chi connectivity index (χ0) is 17.5. The van der Waals surface area contributed by atoms with Crippen LogP contribution in [0.4, 0.5) is 11.6 Å². The van der Waals surface area contributed by atoms with E-state index in [1.165, 1.54) is 37.8 Å². The van der Waals surface area contributed by atoms with Crippen molar-refractivity contribution >= 4 is 11.6 Å². The van der Waals surface area contributed by atoms with Crippen LogP contribution in [0.25, 0.3) is 0 Å². The third kappa shape index (κ3) is 2.84. The van der Waals surface area contributed by atoms with Crippen molar-refractivity contribution in [2.45, 2.75) is 37.8 Å². The Hall–Kier alpha value is -2.14. The van der Waals surface area contributed by atoms with Crippen molar-refractivity contribution < 1.29 is 0 Å². The summed E-state index contributed by atoms with van der Waals surface area (Å²) < 4.78 is 0. The number of anilines is 2. The lowest BCUT2D eigenvalue weighted by atomic mass is 9.74. The number of piperidine rings is 3. The van der Waals surface area contributed by atoms with Gasteiger partial charge in [-0.15, -0.1) is 0 Å². The van der Waals surface area contributed by atoms with Gasteiger partial charge in [0.15, 0.2) is 0 Å². The van der Waals surface area contributed by atoms with Gasteiger partial charge in [-0.05, 0) is 43.1 Å². The van der Waals surface area contributed by atoms with Gasteiger partial charge in [0.1, 0.15) is 18.0 Å². The highest BCUT2D eigenvalue weighted by Crippen LogP contribution is 2.44. The largest absolute Gasteiger partial charge is 0.384 e. The van der Waals surface area contributed by atoms with Crippen molar-refractivity contribution in [3.05, 3.63) is 48.3 Å². The number of hydrogen-bond donors (Lipinski definition) is 1. The highest BCUT2D eigenvalue weighted by Gasteiger charge is 2.45. The summed E-state index contributed by atoms with van der Waals surface area (Å²) in [7, 11) is 0. The standard InChI is InChI=1S/C21H27N5/c22-20-10-21(24-14-23-20)25-11-15-9-17(13-25)19-8-4-7-18(26(19)12-15)16-5-2-1-3-6-16/h1-3,5-6,10,14-15,17-19H,4,7-9,11-13H2,(H2,22,23,24)/t15-,17+,18+,19-/m0/s1. The maximum Gasteiger partial charge on any atom is 0.134 e. The van der Waals surface area contributed by atoms with E-state index >= 15 is 0 Å². The number of fused-ring (bicyclic) bond motifs is 4. The molecule has 4 atom stereocenters. The summed E-state index contributed by atoms with van der Waals surface area (Å²) >= 11 is 0. The molecular weight excluding hydrogens is 322 g/mol. The molecule has 5 rings (SSSR count). The van der Waals surface area contributed by atoms with Gasteiger partial charge in [-0.25, -0.2) is 9.97 Å². The molecule has 2 aromatic rings. The number of aromatic nitrogens is 2. The molecular formula is C21H27N5. The summed E-state index contributed by atoms with van der Waals surface area (Å²) in [6, 6.07) is 14.3. The fourth-order valence-electron chi connectivity index (χ4n) is 5.56. The van der Waals surface area contributed by atoms with E-state index in [4.69, 9.17) is 5.73 Å². The van der Waals surface area contributed by atoms with Gasteiger partial charge in [-0.3, -0.25) is 4.90 Å². The number of nitrogen functional groups attached to an aromatic ring is 1. The second-order valence-electron chi connectivity index (χ2n) is 8.19. The Labute approximate surface area is 155 Å². The van der Waals surface area contributed by atoms with Gasteiger partial charge >= 0.3 is 0 Å². The molecule has 136 valence electrons. The van der Waals surface area contributed by atoms with Crippen LogP contribution < -0.4 is 10.6 Å². The quantitative estimate of drug-likeness (QED) is 0.903. The summed E-state index contributed by atoms with van der Waals surface area (Å²) in [5.41, 5.74) is 7.38. The van der Waals surface area contributed by atoms with Gasteiger partial charge in [-0.1, -0.05) is 30.3 Å². The molecule has 0 radical (unpaired) electrons. The summed E-state index contributed by atoms with van der Waals surface area (Å²) in [5.74, 6) is 3.00. The Morgan fingerprint density at radius 1 is 1.00 bits per heavy atom. The van der Waals surface area contributed by atoms with E-state index in [2.05, 4.69) is 50.1 Å². The minimum Gasteiger partial charge on any atom is -0.384 e. The minimum absolute atomic E-state index is 0.564. The molecule has 1 aromatic heterocycles. The second-order valence-corrected chi connectivity index (χ2v) is 8.19. The van der Waals surface area contributed by atoms with Crippen molar-refractivity contribution in [1.29, 1.82) is 0 Å². The number of hydrogen-bond acceptors (Lipinski definition) is 5. The maximum atomic E-state index is 5.88. The van der Waals surface area contributed by atoms with Gasteiger partial charge < -0.3 is 10.6 Å². The highest BCUT2D eigenvalue weighted by atomic mass is 15.3. The number of rotatable bonds is 2. The van der Waals surface area contributed by atoms with Crippen LogP contribution in [0.5, 0.6) is 0 Å². The molecule has 3 aliphatic rings. The van der Waals surface area contributed by atoms with Gasteiger partial charge in [-0.2, -0.15) is 0 Å². The maximum absolute atomic E-state index is 5.88. The molecule has 26 heavy (non-hydrogen) atoms. The van der Waals surface area contributed by atoms with Crippen molar-refractivity contribution in [2.75, 3.05) is 30.3 Å². The predicted molar refractivity (Wildman–Crippen MR) is 104 cm³/mol. The van der Waals surface area contributed by atoms with Crippen molar-refractivity contribution in [3.8, 4) is 0 Å². The van der Waals surface area contributed by atoms with Gasteiger partial charge in [0, 0.05) is 37.8 Å². The molecule has 3 fully saturated rings. The summed E-state index contributed by atoms with van der Waals surface area (Å²) in [5, 5.41) is 0. The van der Waals surface area contributed by atoms with E-state index in [9.17, 15) is 0 Å². The predicted octanol–water partition coefficient (Wildman–Crippen LogP) is 3.11. The third-order valence-corrected chi connectivity index (χ3v) is 6.57. The van der Waals surface area contributed by atoms with Crippen LogP contribution in [0.3, 0.4) is 0 Å². The lowest BCUT2D eigenvalue weighted by Crippen LogP contribution is -2.59. The number of nitrogens with zero attached hydrogens (tertiary/aromatic N) is 4. The van der Waals surface area contributed by atoms with Gasteiger partial charge in [0.2, 0.25) is 0 Å². The molecule has 5 nitrogen and oxygen atoms in total. The van der Waals surface area contributed by atoms with E-state index in [0.717, 1.165) is 24.8 Å². The number of benzene rings is 1. The lowest BCUT2D eigenvalue weighted by molar-refractivity contribution is -0.0200. The van der Waals surface area contributed by atoms with E-state index in [1.54, 1.807) is 6.33 Å². The lowest BCUT2D eigenvalue weighted by Gasteiger charge is -2.55. The topological polar surface area (TPSA) is 58.3 Å². The molecule has 2 N–H and O–H groups in total. The minimum atomic E-state index is 0.564. The second kappa shape index (κ2) is 6.54. The molecule has 0 unspecified atom stereocenters. The van der Waals surface area contributed by atoms with Crippen LogP contribution in [0.2, 0.25) is 0 Å². The summed E-state index contributed by atoms with van der Waals surface area (Å²) in [6.07, 6.45) is 6.92. The number of nitrogens with two attached hydrogens (primary N) is 1. The molecule has 4 heterocycles. The van der Waals surface area contributed by atoms with Crippen molar-refractivity contribution in [3.63, 3.8) is 0 Å². The first-order chi connectivity index (χ1) is 12.8. The molecule has 5 heteroatoms. The monoisotopic (exact) mass is 349 g/mol.